The molecule has 1 aliphatic heterocycles. The standard InChI is InChI=1S/C15H17N3O2/c1-15(2)8-10-6-9(4-5-12(10)20-15)11-7-13(19-3)18-14(16)17-11/h4-7H,8H2,1-3H3,(H2,16,17,18). The van der Waals surface area contributed by atoms with Crippen molar-refractivity contribution in [3.05, 3.63) is 29.8 Å². The Morgan fingerprint density at radius 2 is 2.05 bits per heavy atom. The highest BCUT2D eigenvalue weighted by atomic mass is 16.5. The van der Waals surface area contributed by atoms with E-state index in [4.69, 9.17) is 15.2 Å². The minimum absolute atomic E-state index is 0.149. The molecule has 3 rings (SSSR count). The predicted octanol–water partition coefficient (Wildman–Crippen LogP) is 2.45. The smallest absolute Gasteiger partial charge is 0.223 e. The van der Waals surface area contributed by atoms with Crippen LogP contribution < -0.4 is 15.2 Å². The minimum atomic E-state index is -0.149. The van der Waals surface area contributed by atoms with Crippen LogP contribution in [0.4, 0.5) is 5.95 Å². The van der Waals surface area contributed by atoms with E-state index < -0.39 is 0 Å². The summed E-state index contributed by atoms with van der Waals surface area (Å²) >= 11 is 0. The Bertz CT molecular complexity index is 668. The molecule has 1 aliphatic rings. The van der Waals surface area contributed by atoms with Gasteiger partial charge in [0.15, 0.2) is 0 Å². The summed E-state index contributed by atoms with van der Waals surface area (Å²) in [5.41, 5.74) is 8.47. The molecule has 0 spiro atoms. The third-order valence-electron chi connectivity index (χ3n) is 3.29. The number of benzene rings is 1. The first kappa shape index (κ1) is 12.7. The van der Waals surface area contributed by atoms with Crippen LogP contribution >= 0.6 is 0 Å². The largest absolute Gasteiger partial charge is 0.487 e. The zero-order chi connectivity index (χ0) is 14.3. The molecule has 104 valence electrons. The fourth-order valence-electron chi connectivity index (χ4n) is 2.46. The molecule has 2 heterocycles. The third-order valence-corrected chi connectivity index (χ3v) is 3.29. The van der Waals surface area contributed by atoms with Crippen LogP contribution in [0.3, 0.4) is 0 Å². The Kier molecular flexibility index (Phi) is 2.78. The van der Waals surface area contributed by atoms with Crippen molar-refractivity contribution >= 4 is 5.95 Å². The molecule has 20 heavy (non-hydrogen) atoms. The van der Waals surface area contributed by atoms with Gasteiger partial charge in [-0.1, -0.05) is 0 Å². The monoisotopic (exact) mass is 271 g/mol. The highest BCUT2D eigenvalue weighted by Gasteiger charge is 2.30. The molecule has 0 saturated heterocycles. The van der Waals surface area contributed by atoms with Crippen LogP contribution in [-0.4, -0.2) is 22.7 Å². The second-order valence-electron chi connectivity index (χ2n) is 5.51. The van der Waals surface area contributed by atoms with E-state index in [-0.39, 0.29) is 11.5 Å². The van der Waals surface area contributed by atoms with Crippen LogP contribution in [0.15, 0.2) is 24.3 Å². The molecule has 1 aromatic heterocycles. The number of nitrogens with two attached hydrogens (primary N) is 1. The lowest BCUT2D eigenvalue weighted by Gasteiger charge is -2.16. The lowest BCUT2D eigenvalue weighted by Crippen LogP contribution is -2.24. The van der Waals surface area contributed by atoms with E-state index in [2.05, 4.69) is 29.9 Å². The fraction of sp³-hybridized carbons (Fsp3) is 0.333. The molecule has 0 aliphatic carbocycles. The molecular formula is C15H17N3O2. The average Bonchev–Trinajstić information content (AvgIpc) is 2.70. The van der Waals surface area contributed by atoms with E-state index in [1.807, 2.05) is 12.1 Å². The Labute approximate surface area is 117 Å². The molecule has 0 amide bonds. The Morgan fingerprint density at radius 3 is 2.80 bits per heavy atom. The van der Waals surface area contributed by atoms with Crippen LogP contribution in [0.25, 0.3) is 11.3 Å². The zero-order valence-electron chi connectivity index (χ0n) is 11.8. The molecule has 1 aromatic carbocycles. The van der Waals surface area contributed by atoms with E-state index in [0.717, 1.165) is 23.4 Å². The van der Waals surface area contributed by atoms with E-state index in [1.54, 1.807) is 13.2 Å². The Hall–Kier alpha value is -2.30. The van der Waals surface area contributed by atoms with Gasteiger partial charge in [-0.15, -0.1) is 0 Å². The topological polar surface area (TPSA) is 70.3 Å². The number of nitrogens with zero attached hydrogens (tertiary/aromatic N) is 2. The fourth-order valence-corrected chi connectivity index (χ4v) is 2.46. The number of aromatic nitrogens is 2. The molecule has 2 N–H and O–H groups in total. The van der Waals surface area contributed by atoms with E-state index in [9.17, 15) is 0 Å². The van der Waals surface area contributed by atoms with Crippen molar-refractivity contribution in [1.29, 1.82) is 0 Å². The number of anilines is 1. The summed E-state index contributed by atoms with van der Waals surface area (Å²) in [6.07, 6.45) is 0.883. The molecule has 0 radical (unpaired) electrons. The van der Waals surface area contributed by atoms with Gasteiger partial charge in [-0.3, -0.25) is 0 Å². The van der Waals surface area contributed by atoms with Crippen LogP contribution in [-0.2, 0) is 6.42 Å². The maximum Gasteiger partial charge on any atom is 0.223 e. The van der Waals surface area contributed by atoms with Crippen LogP contribution in [0.1, 0.15) is 19.4 Å². The molecule has 5 nitrogen and oxygen atoms in total. The molecule has 0 saturated carbocycles. The van der Waals surface area contributed by atoms with Crippen molar-refractivity contribution in [2.45, 2.75) is 25.9 Å². The van der Waals surface area contributed by atoms with Gasteiger partial charge in [-0.25, -0.2) is 4.98 Å². The summed E-state index contributed by atoms with van der Waals surface area (Å²) in [6, 6.07) is 7.82. The number of rotatable bonds is 2. The molecule has 2 aromatic rings. The van der Waals surface area contributed by atoms with Crippen LogP contribution in [0, 0.1) is 0 Å². The van der Waals surface area contributed by atoms with Gasteiger partial charge in [-0.05, 0) is 37.6 Å². The molecule has 0 bridgehead atoms. The van der Waals surface area contributed by atoms with Gasteiger partial charge in [0.25, 0.3) is 0 Å². The summed E-state index contributed by atoms with van der Waals surface area (Å²) in [7, 11) is 1.56. The van der Waals surface area contributed by atoms with Gasteiger partial charge in [0, 0.05) is 18.1 Å². The maximum atomic E-state index is 5.87. The summed E-state index contributed by atoms with van der Waals surface area (Å²) < 4.78 is 11.0. The maximum absolute atomic E-state index is 5.87. The third kappa shape index (κ3) is 2.27. The molecule has 0 atom stereocenters. The van der Waals surface area contributed by atoms with E-state index in [0.29, 0.717) is 5.88 Å². The zero-order valence-corrected chi connectivity index (χ0v) is 11.8. The van der Waals surface area contributed by atoms with Crippen molar-refractivity contribution in [1.82, 2.24) is 9.97 Å². The second kappa shape index (κ2) is 4.37. The molecular weight excluding hydrogens is 254 g/mol. The second-order valence-corrected chi connectivity index (χ2v) is 5.51. The van der Waals surface area contributed by atoms with E-state index in [1.165, 1.54) is 5.56 Å². The van der Waals surface area contributed by atoms with Gasteiger partial charge in [-0.2, -0.15) is 4.98 Å². The molecule has 0 fully saturated rings. The molecule has 5 heteroatoms. The highest BCUT2D eigenvalue weighted by Crippen LogP contribution is 2.37. The summed E-state index contributed by atoms with van der Waals surface area (Å²) in [5, 5.41) is 0. The summed E-state index contributed by atoms with van der Waals surface area (Å²) in [5.74, 6) is 1.61. The number of hydrogen-bond acceptors (Lipinski definition) is 5. The number of methoxy groups -OCH3 is 1. The van der Waals surface area contributed by atoms with Crippen molar-refractivity contribution < 1.29 is 9.47 Å². The highest BCUT2D eigenvalue weighted by molar-refractivity contribution is 5.64. The first-order valence-corrected chi connectivity index (χ1v) is 6.48. The lowest BCUT2D eigenvalue weighted by atomic mass is 9.99. The van der Waals surface area contributed by atoms with Crippen molar-refractivity contribution in [3.8, 4) is 22.9 Å². The molecule has 0 unspecified atom stereocenters. The minimum Gasteiger partial charge on any atom is -0.487 e. The van der Waals surface area contributed by atoms with Crippen LogP contribution in [0.5, 0.6) is 11.6 Å². The summed E-state index contributed by atoms with van der Waals surface area (Å²) in [6.45, 7) is 4.16. The van der Waals surface area contributed by atoms with Gasteiger partial charge in [0.1, 0.15) is 11.4 Å². The first-order chi connectivity index (χ1) is 9.47. The number of nitrogen functional groups attached to an aromatic ring is 1. The number of ether oxygens (including phenoxy) is 2. The normalized spacial score (nSPS) is 15.6. The lowest BCUT2D eigenvalue weighted by molar-refractivity contribution is 0.138. The summed E-state index contributed by atoms with van der Waals surface area (Å²) in [4.78, 5) is 8.25. The van der Waals surface area contributed by atoms with Gasteiger partial charge in [0.05, 0.1) is 12.8 Å². The SMILES string of the molecule is COc1cc(-c2ccc3c(c2)CC(C)(C)O3)nc(N)n1. The van der Waals surface area contributed by atoms with Crippen molar-refractivity contribution in [2.75, 3.05) is 12.8 Å². The number of hydrogen-bond donors (Lipinski definition) is 1. The van der Waals surface area contributed by atoms with E-state index >= 15 is 0 Å². The van der Waals surface area contributed by atoms with Crippen molar-refractivity contribution in [3.63, 3.8) is 0 Å². The Morgan fingerprint density at radius 1 is 1.25 bits per heavy atom. The average molecular weight is 271 g/mol. The van der Waals surface area contributed by atoms with Gasteiger partial charge in [0.2, 0.25) is 11.8 Å². The van der Waals surface area contributed by atoms with Crippen LogP contribution in [0.2, 0.25) is 0 Å². The predicted molar refractivity (Wildman–Crippen MR) is 76.8 cm³/mol. The van der Waals surface area contributed by atoms with Crippen molar-refractivity contribution in [2.24, 2.45) is 0 Å². The quantitative estimate of drug-likeness (QED) is 0.908. The first-order valence-electron chi connectivity index (χ1n) is 6.48. The Balaban J connectivity index is 2.03. The van der Waals surface area contributed by atoms with Gasteiger partial charge >= 0.3 is 0 Å². The van der Waals surface area contributed by atoms with Gasteiger partial charge < -0.3 is 15.2 Å². The number of fused-ring (bicyclic) bond motifs is 1.